The Morgan fingerprint density at radius 2 is 2.30 bits per heavy atom. The van der Waals surface area contributed by atoms with Crippen LogP contribution in [0.25, 0.3) is 0 Å². The monoisotopic (exact) mass is 339 g/mol. The van der Waals surface area contributed by atoms with Gasteiger partial charge in [-0.1, -0.05) is 13.0 Å². The van der Waals surface area contributed by atoms with Crippen molar-refractivity contribution in [3.63, 3.8) is 0 Å². The Kier molecular flexibility index (Phi) is 5.92. The Morgan fingerprint density at radius 1 is 1.45 bits per heavy atom. The van der Waals surface area contributed by atoms with Gasteiger partial charge in [0.15, 0.2) is 0 Å². The first-order chi connectivity index (χ1) is 9.76. The maximum absolute atomic E-state index is 5.84. The minimum Gasteiger partial charge on any atom is -0.496 e. The summed E-state index contributed by atoms with van der Waals surface area (Å²) < 4.78 is 12.1. The zero-order valence-electron chi connectivity index (χ0n) is 12.1. The molecule has 0 saturated heterocycles. The van der Waals surface area contributed by atoms with Crippen LogP contribution >= 0.6 is 15.9 Å². The number of nitrogens with one attached hydrogen (secondary N) is 1. The molecule has 1 aliphatic rings. The number of methoxy groups -OCH3 is 1. The Hall–Kier alpha value is -1.00. The molecule has 1 aromatic rings. The minimum absolute atomic E-state index is 0.123. The van der Waals surface area contributed by atoms with Crippen LogP contribution in [0.4, 0.5) is 0 Å². The van der Waals surface area contributed by atoms with E-state index in [1.165, 1.54) is 5.56 Å². The zero-order valence-corrected chi connectivity index (χ0v) is 13.7. The van der Waals surface area contributed by atoms with Crippen molar-refractivity contribution in [3.05, 3.63) is 40.1 Å². The lowest BCUT2D eigenvalue weighted by molar-refractivity contribution is 0.167. The molecule has 0 spiro atoms. The average molecular weight is 340 g/mol. The first kappa shape index (κ1) is 15.4. The third-order valence-electron chi connectivity index (χ3n) is 3.35. The molecule has 20 heavy (non-hydrogen) atoms. The van der Waals surface area contributed by atoms with Crippen LogP contribution in [0.5, 0.6) is 5.75 Å². The fourth-order valence-electron chi connectivity index (χ4n) is 2.31. The normalized spacial score (nSPS) is 16.2. The molecular formula is C16H22BrNO2. The molecule has 1 atom stereocenters. The first-order valence-electron chi connectivity index (χ1n) is 7.16. The van der Waals surface area contributed by atoms with Crippen molar-refractivity contribution < 1.29 is 9.47 Å². The van der Waals surface area contributed by atoms with Gasteiger partial charge in [-0.3, -0.25) is 0 Å². The van der Waals surface area contributed by atoms with Gasteiger partial charge in [0.05, 0.1) is 24.2 Å². The van der Waals surface area contributed by atoms with E-state index in [0.717, 1.165) is 48.4 Å². The van der Waals surface area contributed by atoms with E-state index in [1.807, 2.05) is 6.07 Å². The molecule has 0 radical (unpaired) electrons. The van der Waals surface area contributed by atoms with Crippen LogP contribution in [0.15, 0.2) is 34.5 Å². The van der Waals surface area contributed by atoms with Gasteiger partial charge in [0.1, 0.15) is 11.5 Å². The molecular weight excluding hydrogens is 318 g/mol. The zero-order chi connectivity index (χ0) is 14.4. The van der Waals surface area contributed by atoms with Crippen molar-refractivity contribution in [1.82, 2.24) is 5.32 Å². The topological polar surface area (TPSA) is 30.5 Å². The van der Waals surface area contributed by atoms with Crippen molar-refractivity contribution in [2.75, 3.05) is 20.3 Å². The molecule has 4 heteroatoms. The molecule has 1 unspecified atom stereocenters. The summed E-state index contributed by atoms with van der Waals surface area (Å²) in [5, 5.41) is 3.57. The third kappa shape index (κ3) is 3.76. The second-order valence-electron chi connectivity index (χ2n) is 4.88. The first-order valence-corrected chi connectivity index (χ1v) is 7.95. The molecule has 0 bridgehead atoms. The van der Waals surface area contributed by atoms with E-state index in [4.69, 9.17) is 9.47 Å². The van der Waals surface area contributed by atoms with Crippen LogP contribution in [0.2, 0.25) is 0 Å². The van der Waals surface area contributed by atoms with E-state index in [9.17, 15) is 0 Å². The molecule has 0 amide bonds. The fourth-order valence-corrected chi connectivity index (χ4v) is 2.87. The molecule has 2 rings (SSSR count). The summed E-state index contributed by atoms with van der Waals surface area (Å²) in [5.41, 5.74) is 1.19. The smallest absolute Gasteiger partial charge is 0.133 e. The lowest BCUT2D eigenvalue weighted by atomic mass is 10.0. The van der Waals surface area contributed by atoms with Crippen LogP contribution in [0, 0.1) is 0 Å². The highest BCUT2D eigenvalue weighted by Gasteiger charge is 2.20. The number of halogens is 1. The number of ether oxygens (including phenoxy) is 2. The average Bonchev–Trinajstić information content (AvgIpc) is 2.49. The Bertz CT molecular complexity index is 474. The molecule has 0 saturated carbocycles. The number of hydrogen-bond donors (Lipinski definition) is 1. The predicted octanol–water partition coefficient (Wildman–Crippen LogP) is 4.19. The van der Waals surface area contributed by atoms with E-state index in [0.29, 0.717) is 0 Å². The molecule has 110 valence electrons. The highest BCUT2D eigenvalue weighted by molar-refractivity contribution is 9.10. The van der Waals surface area contributed by atoms with Crippen LogP contribution in [0.1, 0.15) is 37.8 Å². The summed E-state index contributed by atoms with van der Waals surface area (Å²) in [4.78, 5) is 0. The molecule has 0 aliphatic carbocycles. The highest BCUT2D eigenvalue weighted by atomic mass is 79.9. The summed E-state index contributed by atoms with van der Waals surface area (Å²) in [6.07, 6.45) is 5.50. The van der Waals surface area contributed by atoms with Gasteiger partial charge >= 0.3 is 0 Å². The van der Waals surface area contributed by atoms with Crippen LogP contribution in [0.3, 0.4) is 0 Å². The van der Waals surface area contributed by atoms with Crippen molar-refractivity contribution >= 4 is 15.9 Å². The summed E-state index contributed by atoms with van der Waals surface area (Å²) >= 11 is 3.55. The molecule has 1 aliphatic heterocycles. The second-order valence-corrected chi connectivity index (χ2v) is 5.73. The molecule has 0 fully saturated rings. The van der Waals surface area contributed by atoms with Gasteiger partial charge in [-0.25, -0.2) is 0 Å². The van der Waals surface area contributed by atoms with Crippen molar-refractivity contribution in [1.29, 1.82) is 0 Å². The van der Waals surface area contributed by atoms with Gasteiger partial charge in [0.25, 0.3) is 0 Å². The van der Waals surface area contributed by atoms with E-state index >= 15 is 0 Å². The van der Waals surface area contributed by atoms with E-state index < -0.39 is 0 Å². The van der Waals surface area contributed by atoms with Crippen LogP contribution < -0.4 is 10.1 Å². The number of rotatable bonds is 6. The van der Waals surface area contributed by atoms with Crippen molar-refractivity contribution in [3.8, 4) is 5.75 Å². The van der Waals surface area contributed by atoms with Crippen LogP contribution in [-0.4, -0.2) is 20.3 Å². The molecule has 1 aromatic carbocycles. The van der Waals surface area contributed by atoms with Crippen LogP contribution in [-0.2, 0) is 4.74 Å². The third-order valence-corrected chi connectivity index (χ3v) is 3.97. The standard InChI is InChI=1S/C16H22BrNO2/c1-3-9-18-16(15-6-4-5-10-20-15)12-7-8-14(19-2)13(17)11-12/h6-8,11,16,18H,3-5,9-10H2,1-2H3. The summed E-state index contributed by atoms with van der Waals surface area (Å²) in [6, 6.07) is 6.31. The lowest BCUT2D eigenvalue weighted by Crippen LogP contribution is -2.26. The SMILES string of the molecule is CCCNC(C1=CCCCO1)c1ccc(OC)c(Br)c1. The van der Waals surface area contributed by atoms with Gasteiger partial charge in [-0.15, -0.1) is 0 Å². The number of allylic oxidation sites excluding steroid dienone is 1. The van der Waals surface area contributed by atoms with Gasteiger partial charge in [-0.2, -0.15) is 0 Å². The van der Waals surface area contributed by atoms with E-state index in [1.54, 1.807) is 7.11 Å². The van der Waals surface area contributed by atoms with Gasteiger partial charge in [0.2, 0.25) is 0 Å². The van der Waals surface area contributed by atoms with Gasteiger partial charge in [0, 0.05) is 0 Å². The molecule has 0 aromatic heterocycles. The number of benzene rings is 1. The van der Waals surface area contributed by atoms with Gasteiger partial charge < -0.3 is 14.8 Å². The quantitative estimate of drug-likeness (QED) is 0.842. The van der Waals surface area contributed by atoms with Crippen molar-refractivity contribution in [2.45, 2.75) is 32.2 Å². The Balaban J connectivity index is 2.25. The minimum atomic E-state index is 0.123. The van der Waals surface area contributed by atoms with Gasteiger partial charge in [-0.05, 0) is 65.5 Å². The summed E-state index contributed by atoms with van der Waals surface area (Å²) in [6.45, 7) is 3.95. The highest BCUT2D eigenvalue weighted by Crippen LogP contribution is 2.32. The molecule has 1 heterocycles. The number of hydrogen-bond acceptors (Lipinski definition) is 3. The maximum Gasteiger partial charge on any atom is 0.133 e. The Morgan fingerprint density at radius 3 is 2.90 bits per heavy atom. The second kappa shape index (κ2) is 7.70. The lowest BCUT2D eigenvalue weighted by Gasteiger charge is -2.25. The largest absolute Gasteiger partial charge is 0.496 e. The fraction of sp³-hybridized carbons (Fsp3) is 0.500. The summed E-state index contributed by atoms with van der Waals surface area (Å²) in [7, 11) is 1.68. The predicted molar refractivity (Wildman–Crippen MR) is 85.0 cm³/mol. The summed E-state index contributed by atoms with van der Waals surface area (Å²) in [5.74, 6) is 1.89. The molecule has 1 N–H and O–H groups in total. The maximum atomic E-state index is 5.84. The molecule has 3 nitrogen and oxygen atoms in total. The Labute approximate surface area is 129 Å². The van der Waals surface area contributed by atoms with E-state index in [-0.39, 0.29) is 6.04 Å². The van der Waals surface area contributed by atoms with Crippen molar-refractivity contribution in [2.24, 2.45) is 0 Å². The van der Waals surface area contributed by atoms with E-state index in [2.05, 4.69) is 46.4 Å².